The third kappa shape index (κ3) is 1.76. The molecule has 0 aromatic carbocycles. The van der Waals surface area contributed by atoms with Gasteiger partial charge in [-0.05, 0) is 0 Å². The minimum atomic E-state index is -1.06. The summed E-state index contributed by atoms with van der Waals surface area (Å²) in [7, 11) is 5.31. The van der Waals surface area contributed by atoms with Crippen molar-refractivity contribution < 1.29 is 14.9 Å². The molecule has 0 saturated heterocycles. The Bertz CT molecular complexity index is 204. The van der Waals surface area contributed by atoms with E-state index >= 15 is 0 Å². The maximum atomic E-state index is 9.17. The first-order chi connectivity index (χ1) is 5.16. The first-order valence-electron chi connectivity index (χ1n) is 3.02. The van der Waals surface area contributed by atoms with Crippen LogP contribution >= 0.6 is 20.7 Å². The topological polar surface area (TPSA) is 49.7 Å². The van der Waals surface area contributed by atoms with Crippen molar-refractivity contribution in [3.05, 3.63) is 11.5 Å². The van der Waals surface area contributed by atoms with E-state index in [2.05, 4.69) is 4.51 Å². The minimum Gasteiger partial charge on any atom is -0.506 e. The summed E-state index contributed by atoms with van der Waals surface area (Å²) in [6.07, 6.45) is -1.06. The van der Waals surface area contributed by atoms with Gasteiger partial charge in [-0.1, -0.05) is 4.51 Å². The monoisotopic (exact) mass is 266 g/mol. The van der Waals surface area contributed by atoms with Crippen LogP contribution in [0, 0.1) is 0 Å². The van der Waals surface area contributed by atoms with Crippen molar-refractivity contribution in [1.29, 1.82) is 0 Å². The van der Waals surface area contributed by atoms with E-state index in [-0.39, 0.29) is 26.5 Å². The molecule has 0 bridgehead atoms. The second-order valence-electron chi connectivity index (χ2n) is 2.16. The van der Waals surface area contributed by atoms with Crippen LogP contribution in [0.4, 0.5) is 0 Å². The Morgan fingerprint density at radius 2 is 2.36 bits per heavy atom. The van der Waals surface area contributed by atoms with Gasteiger partial charge in [-0.3, -0.25) is 0 Å². The molecule has 2 atom stereocenters. The van der Waals surface area contributed by atoms with Crippen molar-refractivity contribution in [3.8, 4) is 0 Å². The summed E-state index contributed by atoms with van der Waals surface area (Å²) >= 11 is -0.231. The standard InChI is InChI=1S/C6H8BIO3/c1-8-2-3-4(9)5(10)6(7)11-3/h5-6,9-10H,1-2H2/t5-,6+/m0/s1. The molecule has 1 heterocycles. The fourth-order valence-electron chi connectivity index (χ4n) is 0.795. The number of aliphatic hydroxyl groups is 2. The molecule has 0 aromatic rings. The first kappa shape index (κ1) is 9.06. The van der Waals surface area contributed by atoms with E-state index in [4.69, 9.17) is 17.7 Å². The zero-order valence-corrected chi connectivity index (χ0v) is 7.98. The summed E-state index contributed by atoms with van der Waals surface area (Å²) in [5, 5.41) is 18.3. The molecule has 3 nitrogen and oxygen atoms in total. The highest BCUT2D eigenvalue weighted by atomic mass is 127. The Balaban J connectivity index is 2.71. The van der Waals surface area contributed by atoms with Crippen molar-refractivity contribution in [3.63, 3.8) is 0 Å². The quantitative estimate of drug-likeness (QED) is 0.421. The van der Waals surface area contributed by atoms with Crippen LogP contribution < -0.4 is 0 Å². The number of aliphatic hydroxyl groups excluding tert-OH is 2. The maximum absolute atomic E-state index is 9.17. The molecule has 0 amide bonds. The van der Waals surface area contributed by atoms with Gasteiger partial charge in [0.15, 0.2) is 5.76 Å². The van der Waals surface area contributed by atoms with Gasteiger partial charge in [0.05, 0.1) is 10.4 Å². The van der Waals surface area contributed by atoms with Gasteiger partial charge in [0.1, 0.15) is 19.7 Å². The Hall–Kier alpha value is -0.0351. The summed E-state index contributed by atoms with van der Waals surface area (Å²) in [5.41, 5.74) is 0. The summed E-state index contributed by atoms with van der Waals surface area (Å²) in [6, 6.07) is -0.805. The molecular formula is C6H8BIO3. The van der Waals surface area contributed by atoms with Crippen molar-refractivity contribution in [2.24, 2.45) is 0 Å². The van der Waals surface area contributed by atoms with Gasteiger partial charge >= 0.3 is 0 Å². The zero-order chi connectivity index (χ0) is 8.43. The van der Waals surface area contributed by atoms with Gasteiger partial charge in [-0.15, -0.1) is 20.7 Å². The Morgan fingerprint density at radius 3 is 2.73 bits per heavy atom. The third-order valence-electron chi connectivity index (χ3n) is 1.37. The number of allylic oxidation sites excluding steroid dienone is 1. The summed E-state index contributed by atoms with van der Waals surface area (Å²) in [4.78, 5) is 0. The van der Waals surface area contributed by atoms with Crippen molar-refractivity contribution in [2.45, 2.75) is 12.1 Å². The molecule has 0 fully saturated rings. The van der Waals surface area contributed by atoms with Crippen LogP contribution in [0.15, 0.2) is 11.5 Å². The molecule has 2 N–H and O–H groups in total. The number of hydrogen-bond donors (Lipinski definition) is 2. The van der Waals surface area contributed by atoms with Crippen molar-refractivity contribution in [1.82, 2.24) is 0 Å². The lowest BCUT2D eigenvalue weighted by Crippen LogP contribution is -2.23. The SMILES string of the molecule is [B][C@@H]1OC(CI=C)=C(O)[C@@H]1O. The second-order valence-corrected chi connectivity index (χ2v) is 4.00. The minimum absolute atomic E-state index is 0.124. The van der Waals surface area contributed by atoms with Crippen molar-refractivity contribution >= 4 is 33.1 Å². The van der Waals surface area contributed by atoms with Crippen LogP contribution in [0.1, 0.15) is 0 Å². The molecule has 0 aromatic heterocycles. The van der Waals surface area contributed by atoms with E-state index in [0.717, 1.165) is 0 Å². The van der Waals surface area contributed by atoms with E-state index in [1.807, 2.05) is 0 Å². The lowest BCUT2D eigenvalue weighted by molar-refractivity contribution is 0.0903. The molecule has 0 aliphatic carbocycles. The number of rotatable bonds is 2. The molecule has 0 unspecified atom stereocenters. The fourth-order valence-corrected chi connectivity index (χ4v) is 1.86. The molecule has 2 radical (unpaired) electrons. The highest BCUT2D eigenvalue weighted by Crippen LogP contribution is 2.23. The van der Waals surface area contributed by atoms with Crippen LogP contribution in [0.25, 0.3) is 0 Å². The molecule has 1 aliphatic heterocycles. The third-order valence-corrected chi connectivity index (χ3v) is 2.60. The predicted octanol–water partition coefficient (Wildman–Crippen LogP) is 0.0444. The fraction of sp³-hybridized carbons (Fsp3) is 0.500. The normalized spacial score (nSPS) is 30.6. The number of ether oxygens (including phenoxy) is 1. The smallest absolute Gasteiger partial charge is 0.162 e. The molecule has 60 valence electrons. The van der Waals surface area contributed by atoms with Gasteiger partial charge in [0.25, 0.3) is 0 Å². The first-order valence-corrected chi connectivity index (χ1v) is 6.07. The highest BCUT2D eigenvalue weighted by molar-refractivity contribution is 14.2. The number of alkyl halides is 1. The second kappa shape index (κ2) is 3.58. The molecule has 1 rings (SSSR count). The van der Waals surface area contributed by atoms with E-state index in [1.165, 1.54) is 0 Å². The van der Waals surface area contributed by atoms with Crippen LogP contribution in [0.5, 0.6) is 0 Å². The Morgan fingerprint density at radius 1 is 1.73 bits per heavy atom. The van der Waals surface area contributed by atoms with Gasteiger partial charge in [-0.25, -0.2) is 0 Å². The largest absolute Gasteiger partial charge is 0.506 e. The molecule has 11 heavy (non-hydrogen) atoms. The molecule has 0 saturated carbocycles. The maximum Gasteiger partial charge on any atom is 0.162 e. The summed E-state index contributed by atoms with van der Waals surface area (Å²) in [6.45, 7) is 0. The van der Waals surface area contributed by atoms with Crippen LogP contribution in [-0.2, 0) is 4.74 Å². The molecule has 0 spiro atoms. The highest BCUT2D eigenvalue weighted by Gasteiger charge is 2.30. The molecular weight excluding hydrogens is 258 g/mol. The Labute approximate surface area is 76.2 Å². The lowest BCUT2D eigenvalue weighted by Gasteiger charge is -2.08. The van der Waals surface area contributed by atoms with Gasteiger partial charge in [0, 0.05) is 0 Å². The molecule has 1 aliphatic rings. The van der Waals surface area contributed by atoms with Gasteiger partial charge in [0.2, 0.25) is 0 Å². The Kier molecular flexibility index (Phi) is 2.94. The summed E-state index contributed by atoms with van der Waals surface area (Å²) < 4.78 is 9.29. The van der Waals surface area contributed by atoms with Gasteiger partial charge in [-0.2, -0.15) is 0 Å². The van der Waals surface area contributed by atoms with Crippen LogP contribution in [-0.4, -0.2) is 39.1 Å². The van der Waals surface area contributed by atoms with E-state index < -0.39 is 12.1 Å². The molecule has 5 heteroatoms. The average molecular weight is 266 g/mol. The number of hydrogen-bond acceptors (Lipinski definition) is 3. The lowest BCUT2D eigenvalue weighted by atomic mass is 9.95. The van der Waals surface area contributed by atoms with Gasteiger partial charge < -0.3 is 14.9 Å². The van der Waals surface area contributed by atoms with E-state index in [1.54, 1.807) is 0 Å². The predicted molar refractivity (Wildman–Crippen MR) is 52.3 cm³/mol. The van der Waals surface area contributed by atoms with E-state index in [0.29, 0.717) is 10.2 Å². The van der Waals surface area contributed by atoms with Crippen LogP contribution in [0.2, 0.25) is 0 Å². The zero-order valence-electron chi connectivity index (χ0n) is 5.83. The summed E-state index contributed by atoms with van der Waals surface area (Å²) in [5.74, 6) is 0.286. The van der Waals surface area contributed by atoms with E-state index in [9.17, 15) is 5.11 Å². The van der Waals surface area contributed by atoms with Crippen LogP contribution in [0.3, 0.4) is 0 Å². The van der Waals surface area contributed by atoms with Crippen molar-refractivity contribution in [2.75, 3.05) is 4.43 Å². The average Bonchev–Trinajstić information content (AvgIpc) is 2.19. The number of halogens is 1.